The second-order valence-electron chi connectivity index (χ2n) is 6.75. The molecule has 0 aliphatic carbocycles. The predicted octanol–water partition coefficient (Wildman–Crippen LogP) is 3.44. The van der Waals surface area contributed by atoms with E-state index < -0.39 is 8.07 Å². The van der Waals surface area contributed by atoms with Crippen molar-refractivity contribution in [3.8, 4) is 0 Å². The summed E-state index contributed by atoms with van der Waals surface area (Å²) in [7, 11) is -1.10. The summed E-state index contributed by atoms with van der Waals surface area (Å²) >= 11 is 3.43. The van der Waals surface area contributed by atoms with Crippen LogP contribution in [-0.2, 0) is 17.9 Å². The van der Waals surface area contributed by atoms with E-state index in [1.165, 1.54) is 0 Å². The van der Waals surface area contributed by atoms with Crippen molar-refractivity contribution in [1.82, 2.24) is 14.0 Å². The van der Waals surface area contributed by atoms with Gasteiger partial charge in [-0.25, -0.2) is 4.98 Å². The number of aromatic nitrogens is 3. The van der Waals surface area contributed by atoms with E-state index in [2.05, 4.69) is 40.6 Å². The molecule has 0 fully saturated rings. The van der Waals surface area contributed by atoms with Gasteiger partial charge in [-0.2, -0.15) is 0 Å². The molecule has 22 heavy (non-hydrogen) atoms. The second kappa shape index (κ2) is 6.68. The van der Waals surface area contributed by atoms with Gasteiger partial charge in [0.15, 0.2) is 0 Å². The van der Waals surface area contributed by atoms with Crippen LogP contribution in [0, 0.1) is 6.92 Å². The van der Waals surface area contributed by atoms with Crippen LogP contribution in [0.25, 0.3) is 5.78 Å². The highest BCUT2D eigenvalue weighted by Gasteiger charge is 2.17. The molecule has 0 N–H and O–H groups in total. The minimum atomic E-state index is -1.10. The van der Waals surface area contributed by atoms with Crippen molar-refractivity contribution in [3.63, 3.8) is 0 Å². The molecule has 122 valence electrons. The number of halogens is 1. The molecule has 5 nitrogen and oxygen atoms in total. The van der Waals surface area contributed by atoms with Gasteiger partial charge in [0.2, 0.25) is 5.78 Å². The first-order valence-corrected chi connectivity index (χ1v) is 12.1. The molecule has 2 aromatic heterocycles. The predicted molar refractivity (Wildman–Crippen MR) is 95.4 cm³/mol. The van der Waals surface area contributed by atoms with Gasteiger partial charge in [0.1, 0.15) is 11.2 Å². The zero-order valence-corrected chi connectivity index (χ0v) is 16.5. The van der Waals surface area contributed by atoms with Gasteiger partial charge in [-0.1, -0.05) is 26.6 Å². The molecule has 0 spiro atoms. The lowest BCUT2D eigenvalue weighted by molar-refractivity contribution is 0.0867. The largest absolute Gasteiger partial charge is 0.361 e. The van der Waals surface area contributed by atoms with Crippen molar-refractivity contribution in [2.75, 3.05) is 6.61 Å². The average molecular weight is 386 g/mol. The molecule has 0 radical (unpaired) electrons. The number of nitrogens with zero attached hydrogens (tertiary/aromatic N) is 3. The third-order valence-corrected chi connectivity index (χ3v) is 6.09. The van der Waals surface area contributed by atoms with Gasteiger partial charge in [-0.15, -0.1) is 0 Å². The molecule has 0 aromatic carbocycles. The Hall–Kier alpha value is -0.923. The standard InChI is InChI=1S/C15H24BrN3O2Si/c1-6-12-13(16)14(20)18-9-11(2)17-15(18)19(12)10-21-7-8-22(3,4)5/h9H,6-8,10H2,1-5H3. The SMILES string of the molecule is CCc1c(Br)c(=O)n2cc(C)nc2n1COCC[Si](C)(C)C. The third kappa shape index (κ3) is 3.69. The molecule has 2 aromatic rings. The van der Waals surface area contributed by atoms with Gasteiger partial charge in [0, 0.05) is 26.6 Å². The molecule has 0 aliphatic rings. The van der Waals surface area contributed by atoms with E-state index >= 15 is 0 Å². The molecular weight excluding hydrogens is 362 g/mol. The summed E-state index contributed by atoms with van der Waals surface area (Å²) in [5.41, 5.74) is 1.69. The fourth-order valence-electron chi connectivity index (χ4n) is 2.31. The maximum absolute atomic E-state index is 12.4. The second-order valence-corrected chi connectivity index (χ2v) is 13.2. The summed E-state index contributed by atoms with van der Waals surface area (Å²) in [6.07, 6.45) is 2.51. The van der Waals surface area contributed by atoms with E-state index in [9.17, 15) is 4.79 Å². The van der Waals surface area contributed by atoms with Crippen molar-refractivity contribution in [2.45, 2.75) is 52.7 Å². The van der Waals surface area contributed by atoms with E-state index in [1.54, 1.807) is 10.6 Å². The van der Waals surface area contributed by atoms with E-state index in [0.29, 0.717) is 17.0 Å². The van der Waals surface area contributed by atoms with Crippen molar-refractivity contribution in [3.05, 3.63) is 32.4 Å². The molecule has 7 heteroatoms. The van der Waals surface area contributed by atoms with Gasteiger partial charge in [-0.3, -0.25) is 13.8 Å². The fourth-order valence-corrected chi connectivity index (χ4v) is 3.75. The number of imidazole rings is 1. The van der Waals surface area contributed by atoms with Crippen LogP contribution in [0.1, 0.15) is 18.3 Å². The van der Waals surface area contributed by atoms with Crippen LogP contribution < -0.4 is 5.56 Å². The van der Waals surface area contributed by atoms with Crippen LogP contribution in [-0.4, -0.2) is 28.6 Å². The van der Waals surface area contributed by atoms with E-state index in [-0.39, 0.29) is 5.56 Å². The number of hydrogen-bond donors (Lipinski definition) is 0. The molecular formula is C15H24BrN3O2Si. The summed E-state index contributed by atoms with van der Waals surface area (Å²) in [6, 6.07) is 1.12. The van der Waals surface area contributed by atoms with E-state index in [0.717, 1.165) is 30.5 Å². The molecule has 0 aliphatic heterocycles. The number of ether oxygens (including phenoxy) is 1. The van der Waals surface area contributed by atoms with E-state index in [4.69, 9.17) is 4.74 Å². The van der Waals surface area contributed by atoms with Crippen molar-refractivity contribution >= 4 is 29.8 Å². The van der Waals surface area contributed by atoms with Crippen LogP contribution in [0.15, 0.2) is 15.5 Å². The number of rotatable bonds is 6. The van der Waals surface area contributed by atoms with Crippen molar-refractivity contribution < 1.29 is 4.74 Å². The Morgan fingerprint density at radius 1 is 1.36 bits per heavy atom. The van der Waals surface area contributed by atoms with Crippen LogP contribution >= 0.6 is 15.9 Å². The smallest absolute Gasteiger partial charge is 0.273 e. The Morgan fingerprint density at radius 3 is 2.64 bits per heavy atom. The highest BCUT2D eigenvalue weighted by atomic mass is 79.9. The first kappa shape index (κ1) is 17.4. The summed E-state index contributed by atoms with van der Waals surface area (Å²) in [5.74, 6) is 0.649. The van der Waals surface area contributed by atoms with Gasteiger partial charge in [0.25, 0.3) is 5.56 Å². The minimum Gasteiger partial charge on any atom is -0.361 e. The van der Waals surface area contributed by atoms with Gasteiger partial charge < -0.3 is 4.74 Å². The lowest BCUT2D eigenvalue weighted by atomic mass is 10.3. The molecule has 2 rings (SSSR count). The Labute approximate surface area is 140 Å². The molecule has 0 amide bonds. The monoisotopic (exact) mass is 385 g/mol. The highest BCUT2D eigenvalue weighted by molar-refractivity contribution is 9.10. The molecule has 0 bridgehead atoms. The first-order chi connectivity index (χ1) is 10.2. The topological polar surface area (TPSA) is 48.5 Å². The van der Waals surface area contributed by atoms with Crippen LogP contribution in [0.3, 0.4) is 0 Å². The van der Waals surface area contributed by atoms with Gasteiger partial charge in [-0.05, 0) is 35.3 Å². The Balaban J connectivity index is 2.35. The zero-order chi connectivity index (χ0) is 16.5. The Bertz CT molecular complexity index is 731. The molecule has 2 heterocycles. The Morgan fingerprint density at radius 2 is 2.05 bits per heavy atom. The maximum Gasteiger partial charge on any atom is 0.273 e. The molecule has 0 saturated heterocycles. The summed E-state index contributed by atoms with van der Waals surface area (Å²) in [6.45, 7) is 12.1. The summed E-state index contributed by atoms with van der Waals surface area (Å²) in [4.78, 5) is 16.8. The fraction of sp³-hybridized carbons (Fsp3) is 0.600. The number of hydrogen-bond acceptors (Lipinski definition) is 3. The molecule has 0 unspecified atom stereocenters. The van der Waals surface area contributed by atoms with Gasteiger partial charge in [0.05, 0.1) is 5.69 Å². The number of fused-ring (bicyclic) bond motifs is 1. The van der Waals surface area contributed by atoms with Gasteiger partial charge >= 0.3 is 0 Å². The minimum absolute atomic E-state index is 0.0641. The average Bonchev–Trinajstić information content (AvgIpc) is 2.81. The molecule has 0 saturated carbocycles. The lowest BCUT2D eigenvalue weighted by Gasteiger charge is -2.18. The summed E-state index contributed by atoms with van der Waals surface area (Å²) < 4.78 is 10.0. The quantitative estimate of drug-likeness (QED) is 0.565. The highest BCUT2D eigenvalue weighted by Crippen LogP contribution is 2.17. The van der Waals surface area contributed by atoms with Crippen LogP contribution in [0.5, 0.6) is 0 Å². The van der Waals surface area contributed by atoms with Crippen molar-refractivity contribution in [2.24, 2.45) is 0 Å². The first-order valence-electron chi connectivity index (χ1n) is 7.59. The Kier molecular flexibility index (Phi) is 5.29. The lowest BCUT2D eigenvalue weighted by Crippen LogP contribution is -2.25. The van der Waals surface area contributed by atoms with Crippen LogP contribution in [0.4, 0.5) is 0 Å². The van der Waals surface area contributed by atoms with Crippen LogP contribution in [0.2, 0.25) is 25.7 Å². The normalized spacial score (nSPS) is 12.3. The number of aryl methyl sites for hydroxylation is 1. The molecule has 0 atom stereocenters. The maximum atomic E-state index is 12.4. The summed E-state index contributed by atoms with van der Waals surface area (Å²) in [5, 5.41) is 0. The third-order valence-electron chi connectivity index (χ3n) is 3.59. The van der Waals surface area contributed by atoms with E-state index in [1.807, 2.05) is 18.4 Å². The zero-order valence-electron chi connectivity index (χ0n) is 13.9. The van der Waals surface area contributed by atoms with Crippen molar-refractivity contribution in [1.29, 1.82) is 0 Å².